The second kappa shape index (κ2) is 7.83. The van der Waals surface area contributed by atoms with Crippen molar-refractivity contribution in [2.75, 3.05) is 26.2 Å². The zero-order chi connectivity index (χ0) is 20.9. The Labute approximate surface area is 183 Å². The van der Waals surface area contributed by atoms with Gasteiger partial charge < -0.3 is 10.0 Å². The van der Waals surface area contributed by atoms with E-state index in [2.05, 4.69) is 11.0 Å². The molecule has 2 heterocycles. The van der Waals surface area contributed by atoms with Gasteiger partial charge in [-0.25, -0.2) is 0 Å². The first-order valence-corrected chi connectivity index (χ1v) is 11.9. The van der Waals surface area contributed by atoms with E-state index < -0.39 is 0 Å². The van der Waals surface area contributed by atoms with Crippen LogP contribution in [0.1, 0.15) is 68.4 Å². The van der Waals surface area contributed by atoms with Gasteiger partial charge in [0.25, 0.3) is 0 Å². The summed E-state index contributed by atoms with van der Waals surface area (Å²) in [5.74, 6) is 1.29. The summed E-state index contributed by atoms with van der Waals surface area (Å²) in [6.07, 6.45) is 8.40. The number of amides is 2. The third kappa shape index (κ3) is 3.54. The summed E-state index contributed by atoms with van der Waals surface area (Å²) in [5.41, 5.74) is 2.29. The molecule has 5 nitrogen and oxygen atoms in total. The van der Waals surface area contributed by atoms with Gasteiger partial charge in [-0.15, -0.1) is 0 Å². The van der Waals surface area contributed by atoms with Gasteiger partial charge in [0.05, 0.1) is 5.02 Å². The average Bonchev–Trinajstić information content (AvgIpc) is 3.38. The van der Waals surface area contributed by atoms with Crippen LogP contribution < -0.4 is 0 Å². The highest BCUT2D eigenvalue weighted by molar-refractivity contribution is 6.32. The minimum atomic E-state index is -0.0112. The first kappa shape index (κ1) is 20.3. The fourth-order valence-corrected chi connectivity index (χ4v) is 6.71. The van der Waals surface area contributed by atoms with Gasteiger partial charge in [0, 0.05) is 44.0 Å². The number of phenols is 1. The summed E-state index contributed by atoms with van der Waals surface area (Å²) in [6.45, 7) is 3.54. The number of aromatic hydroxyl groups is 1. The Morgan fingerprint density at radius 2 is 1.73 bits per heavy atom. The van der Waals surface area contributed by atoms with E-state index in [1.807, 2.05) is 0 Å². The molecule has 162 valence electrons. The van der Waals surface area contributed by atoms with Crippen LogP contribution in [0, 0.1) is 11.3 Å². The predicted octanol–water partition coefficient (Wildman–Crippen LogP) is 4.11. The average molecular weight is 431 g/mol. The molecule has 2 aliphatic heterocycles. The summed E-state index contributed by atoms with van der Waals surface area (Å²) in [7, 11) is 0. The summed E-state index contributed by atoms with van der Waals surface area (Å²) in [6, 6.07) is 3.86. The minimum absolute atomic E-state index is 0.0112. The fraction of sp³-hybridized carbons (Fsp3) is 0.667. The number of hydrogen-bond donors (Lipinski definition) is 1. The number of fused-ring (bicyclic) bond motifs is 3. The highest BCUT2D eigenvalue weighted by atomic mass is 35.5. The molecule has 1 saturated carbocycles. The largest absolute Gasteiger partial charge is 0.506 e. The molecule has 4 aliphatic rings. The summed E-state index contributed by atoms with van der Waals surface area (Å²) >= 11 is 6.14. The number of carbonyl (C=O) groups is 2. The van der Waals surface area contributed by atoms with Crippen LogP contribution >= 0.6 is 11.6 Å². The minimum Gasteiger partial charge on any atom is -0.506 e. The lowest BCUT2D eigenvalue weighted by Gasteiger charge is -2.37. The quantitative estimate of drug-likeness (QED) is 0.564. The Hall–Kier alpha value is -1.59. The molecule has 2 unspecified atom stereocenters. The van der Waals surface area contributed by atoms with Gasteiger partial charge in [-0.3, -0.25) is 14.5 Å². The number of carbonyl (C=O) groups excluding carboxylic acids is 2. The van der Waals surface area contributed by atoms with Crippen LogP contribution in [0.25, 0.3) is 0 Å². The lowest BCUT2D eigenvalue weighted by molar-refractivity contribution is -0.153. The summed E-state index contributed by atoms with van der Waals surface area (Å²) < 4.78 is 0. The monoisotopic (exact) mass is 430 g/mol. The molecule has 0 aromatic heterocycles. The van der Waals surface area contributed by atoms with E-state index >= 15 is 0 Å². The molecule has 1 spiro atoms. The van der Waals surface area contributed by atoms with E-state index in [4.69, 9.17) is 11.6 Å². The van der Waals surface area contributed by atoms with Crippen molar-refractivity contribution < 1.29 is 14.7 Å². The zero-order valence-corrected chi connectivity index (χ0v) is 18.3. The van der Waals surface area contributed by atoms with Crippen LogP contribution in [0.2, 0.25) is 5.02 Å². The van der Waals surface area contributed by atoms with Crippen LogP contribution in [0.15, 0.2) is 12.1 Å². The number of likely N-dealkylation sites (tertiary alicyclic amines) is 2. The molecule has 1 aromatic rings. The first-order valence-electron chi connectivity index (χ1n) is 11.5. The number of halogens is 1. The number of piperidine rings is 1. The van der Waals surface area contributed by atoms with Gasteiger partial charge >= 0.3 is 0 Å². The molecule has 3 fully saturated rings. The molecule has 1 N–H and O–H groups in total. The summed E-state index contributed by atoms with van der Waals surface area (Å²) in [5, 5.41) is 10.9. The molecule has 2 amide bonds. The number of nitrogens with zero attached hydrogens (tertiary/aromatic N) is 2. The Balaban J connectivity index is 1.10. The van der Waals surface area contributed by atoms with Gasteiger partial charge in [-0.2, -0.15) is 0 Å². The number of imide groups is 1. The highest BCUT2D eigenvalue weighted by Gasteiger charge is 2.45. The van der Waals surface area contributed by atoms with Crippen molar-refractivity contribution in [2.24, 2.45) is 11.3 Å². The third-order valence-corrected chi connectivity index (χ3v) is 8.36. The van der Waals surface area contributed by atoms with Gasteiger partial charge in [-0.05, 0) is 61.6 Å². The first-order chi connectivity index (χ1) is 14.5. The van der Waals surface area contributed by atoms with Crippen molar-refractivity contribution in [3.63, 3.8) is 0 Å². The van der Waals surface area contributed by atoms with E-state index in [1.54, 1.807) is 6.07 Å². The smallest absolute Gasteiger partial charge is 0.229 e. The van der Waals surface area contributed by atoms with Gasteiger partial charge in [0.15, 0.2) is 0 Å². The van der Waals surface area contributed by atoms with Gasteiger partial charge in [0.1, 0.15) is 5.75 Å². The molecule has 2 saturated heterocycles. The molecule has 2 atom stereocenters. The Morgan fingerprint density at radius 1 is 1.03 bits per heavy atom. The van der Waals surface area contributed by atoms with Crippen LogP contribution in [-0.2, 0) is 16.0 Å². The highest BCUT2D eigenvalue weighted by Crippen LogP contribution is 2.49. The maximum atomic E-state index is 12.6. The van der Waals surface area contributed by atoms with Gasteiger partial charge in [0.2, 0.25) is 11.8 Å². The van der Waals surface area contributed by atoms with Crippen molar-refractivity contribution >= 4 is 23.4 Å². The molecule has 0 radical (unpaired) electrons. The van der Waals surface area contributed by atoms with Gasteiger partial charge in [-0.1, -0.05) is 30.5 Å². The van der Waals surface area contributed by atoms with Crippen molar-refractivity contribution in [3.8, 4) is 5.75 Å². The molecule has 5 rings (SSSR count). The standard InChI is InChI=1S/C24H31ClN2O3/c25-19-6-5-16-11-17-14-26(15-18(17)22(16)23(19)30)9-3-4-10-27-20(28)12-24(13-21(27)29)7-1-2-8-24/h5-6,17-18,30H,1-4,7-15H2. The normalized spacial score (nSPS) is 27.8. The number of unbranched alkanes of at least 4 members (excludes halogenated alkanes) is 1. The van der Waals surface area contributed by atoms with Crippen molar-refractivity contribution in [3.05, 3.63) is 28.3 Å². The van der Waals surface area contributed by atoms with Crippen LogP contribution in [-0.4, -0.2) is 52.9 Å². The fourth-order valence-electron chi connectivity index (χ4n) is 6.54. The summed E-state index contributed by atoms with van der Waals surface area (Å²) in [4.78, 5) is 29.2. The lowest BCUT2D eigenvalue weighted by Crippen LogP contribution is -2.47. The second-order valence-electron chi connectivity index (χ2n) is 10.0. The molecule has 0 bridgehead atoms. The van der Waals surface area contributed by atoms with E-state index in [9.17, 15) is 14.7 Å². The lowest BCUT2D eigenvalue weighted by atomic mass is 9.76. The van der Waals surface area contributed by atoms with Crippen LogP contribution in [0.5, 0.6) is 5.75 Å². The number of benzene rings is 1. The van der Waals surface area contributed by atoms with Crippen LogP contribution in [0.4, 0.5) is 0 Å². The van der Waals surface area contributed by atoms with E-state index in [-0.39, 0.29) is 23.0 Å². The van der Waals surface area contributed by atoms with E-state index in [1.165, 1.54) is 10.5 Å². The Morgan fingerprint density at radius 3 is 2.47 bits per heavy atom. The SMILES string of the molecule is O=C1CC2(CCCC2)CC(=O)N1CCCCN1CC2Cc3ccc(Cl)c(O)c3C2C1. The molecular formula is C24H31ClN2O3. The van der Waals surface area contributed by atoms with Crippen molar-refractivity contribution in [1.29, 1.82) is 0 Å². The Kier molecular flexibility index (Phi) is 5.30. The van der Waals surface area contributed by atoms with Crippen molar-refractivity contribution in [2.45, 2.75) is 63.7 Å². The maximum absolute atomic E-state index is 12.6. The zero-order valence-electron chi connectivity index (χ0n) is 17.5. The molecule has 1 aromatic carbocycles. The third-order valence-electron chi connectivity index (χ3n) is 8.05. The predicted molar refractivity (Wildman–Crippen MR) is 116 cm³/mol. The topological polar surface area (TPSA) is 60.9 Å². The van der Waals surface area contributed by atoms with Crippen LogP contribution in [0.3, 0.4) is 0 Å². The number of hydrogen-bond acceptors (Lipinski definition) is 4. The molecular weight excluding hydrogens is 400 g/mol. The second-order valence-corrected chi connectivity index (χ2v) is 10.4. The number of phenolic OH excluding ortho intramolecular Hbond substituents is 1. The van der Waals surface area contributed by atoms with Crippen molar-refractivity contribution in [1.82, 2.24) is 9.80 Å². The number of rotatable bonds is 5. The Bertz CT molecular complexity index is 844. The maximum Gasteiger partial charge on any atom is 0.229 e. The molecule has 30 heavy (non-hydrogen) atoms. The van der Waals surface area contributed by atoms with E-state index in [0.29, 0.717) is 36.2 Å². The molecule has 6 heteroatoms. The molecule has 2 aliphatic carbocycles. The van der Waals surface area contributed by atoms with E-state index in [0.717, 1.165) is 70.1 Å².